The molecular formula is C20H20Br2N2O4. The van der Waals surface area contributed by atoms with Gasteiger partial charge in [0.15, 0.2) is 18.1 Å². The molecule has 0 saturated heterocycles. The maximum atomic E-state index is 12.1. The number of ether oxygens (including phenoxy) is 3. The minimum Gasteiger partial charge on any atom is -0.482 e. The Morgan fingerprint density at radius 1 is 1.29 bits per heavy atom. The zero-order chi connectivity index (χ0) is 20.3. The van der Waals surface area contributed by atoms with Crippen LogP contribution in [-0.4, -0.2) is 25.5 Å². The normalized spacial score (nSPS) is 12.6. The van der Waals surface area contributed by atoms with Gasteiger partial charge < -0.3 is 14.2 Å². The Bertz CT molecular complexity index is 929. The average Bonchev–Trinajstić information content (AvgIpc) is 3.13. The van der Waals surface area contributed by atoms with E-state index in [2.05, 4.69) is 56.2 Å². The molecule has 1 N–H and O–H groups in total. The zero-order valence-electron chi connectivity index (χ0n) is 15.7. The van der Waals surface area contributed by atoms with E-state index in [4.69, 9.17) is 14.2 Å². The van der Waals surface area contributed by atoms with Gasteiger partial charge in [0.1, 0.15) is 5.75 Å². The van der Waals surface area contributed by atoms with E-state index in [9.17, 15) is 4.79 Å². The molecule has 0 atom stereocenters. The van der Waals surface area contributed by atoms with E-state index in [1.54, 1.807) is 18.3 Å². The lowest BCUT2D eigenvalue weighted by Crippen LogP contribution is -2.25. The van der Waals surface area contributed by atoms with Crippen LogP contribution in [0.15, 0.2) is 38.3 Å². The van der Waals surface area contributed by atoms with E-state index in [0.29, 0.717) is 17.2 Å². The van der Waals surface area contributed by atoms with Gasteiger partial charge in [0.05, 0.1) is 10.7 Å². The molecule has 0 spiro atoms. The first-order valence-electron chi connectivity index (χ1n) is 8.69. The van der Waals surface area contributed by atoms with Gasteiger partial charge >= 0.3 is 0 Å². The number of benzene rings is 2. The second kappa shape index (κ2) is 8.96. The number of halogens is 2. The summed E-state index contributed by atoms with van der Waals surface area (Å²) in [6.07, 6.45) is 1.54. The third-order valence-corrected chi connectivity index (χ3v) is 5.98. The molecule has 0 saturated carbocycles. The molecule has 0 aromatic heterocycles. The van der Waals surface area contributed by atoms with Crippen LogP contribution in [0, 0.1) is 6.92 Å². The van der Waals surface area contributed by atoms with Crippen molar-refractivity contribution in [3.05, 3.63) is 49.9 Å². The lowest BCUT2D eigenvalue weighted by Gasteiger charge is -2.18. The molecule has 0 aliphatic carbocycles. The number of hydrogen-bond donors (Lipinski definition) is 1. The highest BCUT2D eigenvalue weighted by molar-refractivity contribution is 9.11. The summed E-state index contributed by atoms with van der Waals surface area (Å²) in [7, 11) is 0. The number of hydrazone groups is 1. The fourth-order valence-electron chi connectivity index (χ4n) is 2.63. The first kappa shape index (κ1) is 20.7. The third kappa shape index (κ3) is 4.67. The summed E-state index contributed by atoms with van der Waals surface area (Å²) < 4.78 is 18.2. The van der Waals surface area contributed by atoms with Crippen molar-refractivity contribution >= 4 is 44.0 Å². The SMILES string of the molecule is Cc1c(Br)cc(C(C)C)c(OCC(=O)N/N=C/c2ccc3c(c2)OCO3)c1Br. The largest absolute Gasteiger partial charge is 0.482 e. The third-order valence-electron chi connectivity index (χ3n) is 4.20. The fraction of sp³-hybridized carbons (Fsp3) is 0.300. The number of nitrogens with one attached hydrogen (secondary N) is 1. The van der Waals surface area contributed by atoms with E-state index in [0.717, 1.165) is 25.6 Å². The van der Waals surface area contributed by atoms with Crippen LogP contribution in [-0.2, 0) is 4.79 Å². The molecule has 1 amide bonds. The van der Waals surface area contributed by atoms with Gasteiger partial charge in [-0.1, -0.05) is 29.8 Å². The number of carbonyl (C=O) groups excluding carboxylic acids is 1. The molecule has 0 fully saturated rings. The van der Waals surface area contributed by atoms with Crippen molar-refractivity contribution in [2.45, 2.75) is 26.7 Å². The van der Waals surface area contributed by atoms with Crippen LogP contribution in [0.3, 0.4) is 0 Å². The summed E-state index contributed by atoms with van der Waals surface area (Å²) in [5.74, 6) is 1.93. The van der Waals surface area contributed by atoms with Crippen LogP contribution in [0.1, 0.15) is 36.5 Å². The Balaban J connectivity index is 1.61. The van der Waals surface area contributed by atoms with E-state index >= 15 is 0 Å². The van der Waals surface area contributed by atoms with Crippen LogP contribution in [0.5, 0.6) is 17.2 Å². The maximum Gasteiger partial charge on any atom is 0.277 e. The number of fused-ring (bicyclic) bond motifs is 1. The van der Waals surface area contributed by atoms with Gasteiger partial charge in [0, 0.05) is 4.47 Å². The van der Waals surface area contributed by atoms with Gasteiger partial charge in [0.2, 0.25) is 6.79 Å². The van der Waals surface area contributed by atoms with E-state index in [1.807, 2.05) is 19.1 Å². The van der Waals surface area contributed by atoms with Crippen LogP contribution in [0.25, 0.3) is 0 Å². The van der Waals surface area contributed by atoms with Crippen molar-refractivity contribution in [1.29, 1.82) is 0 Å². The van der Waals surface area contributed by atoms with E-state index in [-0.39, 0.29) is 25.2 Å². The lowest BCUT2D eigenvalue weighted by molar-refractivity contribution is -0.123. The monoisotopic (exact) mass is 510 g/mol. The minimum absolute atomic E-state index is 0.141. The highest BCUT2D eigenvalue weighted by atomic mass is 79.9. The summed E-state index contributed by atoms with van der Waals surface area (Å²) in [6, 6.07) is 7.45. The lowest BCUT2D eigenvalue weighted by atomic mass is 10.0. The number of hydrogen-bond acceptors (Lipinski definition) is 5. The highest BCUT2D eigenvalue weighted by Crippen LogP contribution is 2.40. The minimum atomic E-state index is -0.348. The highest BCUT2D eigenvalue weighted by Gasteiger charge is 2.17. The smallest absolute Gasteiger partial charge is 0.277 e. The Labute approximate surface area is 180 Å². The van der Waals surface area contributed by atoms with Gasteiger partial charge in [-0.2, -0.15) is 5.10 Å². The van der Waals surface area contributed by atoms with Crippen molar-refractivity contribution in [3.63, 3.8) is 0 Å². The quantitative estimate of drug-likeness (QED) is 0.442. The number of rotatable bonds is 6. The topological polar surface area (TPSA) is 69.2 Å². The Morgan fingerprint density at radius 2 is 2.04 bits per heavy atom. The van der Waals surface area contributed by atoms with Gasteiger partial charge in [0.25, 0.3) is 5.91 Å². The summed E-state index contributed by atoms with van der Waals surface area (Å²) in [4.78, 5) is 12.1. The molecule has 3 rings (SSSR count). The molecule has 0 bridgehead atoms. The van der Waals surface area contributed by atoms with Crippen LogP contribution in [0.2, 0.25) is 0 Å². The van der Waals surface area contributed by atoms with Crippen molar-refractivity contribution < 1.29 is 19.0 Å². The first-order chi connectivity index (χ1) is 13.4. The number of amides is 1. The summed E-state index contributed by atoms with van der Waals surface area (Å²) in [5, 5.41) is 3.97. The summed E-state index contributed by atoms with van der Waals surface area (Å²) in [5.41, 5.74) is 5.29. The predicted molar refractivity (Wildman–Crippen MR) is 114 cm³/mol. The molecule has 148 valence electrons. The Morgan fingerprint density at radius 3 is 2.79 bits per heavy atom. The van der Waals surface area contributed by atoms with Gasteiger partial charge in [-0.25, -0.2) is 5.43 Å². The van der Waals surface area contributed by atoms with E-state index < -0.39 is 0 Å². The van der Waals surface area contributed by atoms with Gasteiger partial charge in [-0.15, -0.1) is 0 Å². The second-order valence-corrected chi connectivity index (χ2v) is 8.21. The maximum absolute atomic E-state index is 12.1. The van der Waals surface area contributed by atoms with Gasteiger partial charge in [-0.05, 0) is 69.7 Å². The zero-order valence-corrected chi connectivity index (χ0v) is 18.9. The second-order valence-electron chi connectivity index (χ2n) is 6.56. The molecule has 28 heavy (non-hydrogen) atoms. The molecule has 1 aliphatic rings. The molecule has 1 heterocycles. The van der Waals surface area contributed by atoms with Crippen LogP contribution >= 0.6 is 31.9 Å². The summed E-state index contributed by atoms with van der Waals surface area (Å²) >= 11 is 7.12. The molecule has 0 unspecified atom stereocenters. The average molecular weight is 512 g/mol. The standard InChI is InChI=1S/C20H20Br2N2O4/c1-11(2)14-7-15(21)12(3)19(22)20(14)26-9-18(25)24-23-8-13-4-5-16-17(6-13)28-10-27-16/h4-8,11H,9-10H2,1-3H3,(H,24,25)/b23-8+. The molecule has 2 aromatic rings. The first-order valence-corrected chi connectivity index (χ1v) is 10.3. The van der Waals surface area contributed by atoms with Crippen molar-refractivity contribution in [1.82, 2.24) is 5.43 Å². The molecular weight excluding hydrogens is 492 g/mol. The van der Waals surface area contributed by atoms with Crippen LogP contribution in [0.4, 0.5) is 0 Å². The Hall–Kier alpha value is -2.06. The molecule has 2 aromatic carbocycles. The molecule has 1 aliphatic heterocycles. The fourth-order valence-corrected chi connectivity index (χ4v) is 3.90. The number of carbonyl (C=O) groups is 1. The van der Waals surface area contributed by atoms with Crippen molar-refractivity contribution in [2.75, 3.05) is 13.4 Å². The van der Waals surface area contributed by atoms with Crippen molar-refractivity contribution in [2.24, 2.45) is 5.10 Å². The van der Waals surface area contributed by atoms with Gasteiger partial charge in [-0.3, -0.25) is 4.79 Å². The number of nitrogens with zero attached hydrogens (tertiary/aromatic N) is 1. The molecule has 6 nitrogen and oxygen atoms in total. The molecule has 8 heteroatoms. The Kier molecular flexibility index (Phi) is 6.61. The predicted octanol–water partition coefficient (Wildman–Crippen LogP) is 4.90. The summed E-state index contributed by atoms with van der Waals surface area (Å²) in [6.45, 7) is 6.20. The molecule has 0 radical (unpaired) electrons. The van der Waals surface area contributed by atoms with E-state index in [1.165, 1.54) is 0 Å². The van der Waals surface area contributed by atoms with Crippen molar-refractivity contribution in [3.8, 4) is 17.2 Å². The van der Waals surface area contributed by atoms with Crippen LogP contribution < -0.4 is 19.6 Å².